The van der Waals surface area contributed by atoms with E-state index in [1.54, 1.807) is 14.2 Å². The molecule has 3 rings (SSSR count). The molecule has 0 fully saturated rings. The van der Waals surface area contributed by atoms with Gasteiger partial charge in [-0.15, -0.1) is 0 Å². The molecule has 2 aromatic rings. The fraction of sp³-hybridized carbons (Fsp3) is 0.391. The van der Waals surface area contributed by atoms with Gasteiger partial charge in [0.2, 0.25) is 0 Å². The van der Waals surface area contributed by atoms with E-state index in [-0.39, 0.29) is 17.5 Å². The van der Waals surface area contributed by atoms with Crippen molar-refractivity contribution in [3.8, 4) is 11.5 Å². The number of halogens is 1. The first-order chi connectivity index (χ1) is 14.7. The molecule has 7 heteroatoms. The number of benzene rings is 2. The third-order valence-corrected chi connectivity index (χ3v) is 5.33. The minimum absolute atomic E-state index is 0.104. The van der Waals surface area contributed by atoms with E-state index in [9.17, 15) is 9.18 Å². The van der Waals surface area contributed by atoms with Gasteiger partial charge in [0, 0.05) is 12.5 Å². The van der Waals surface area contributed by atoms with E-state index < -0.39 is 6.86 Å². The van der Waals surface area contributed by atoms with Crippen molar-refractivity contribution in [2.24, 2.45) is 11.1 Å². The fourth-order valence-corrected chi connectivity index (χ4v) is 3.77. The summed E-state index contributed by atoms with van der Waals surface area (Å²) in [6, 6.07) is 13.8. The molecule has 30 heavy (non-hydrogen) atoms. The SMILES string of the molecule is COc1ccc(CCNC(=O)/C(=N/OCF)C2CCc3ccccc3C2)cc1OC. The van der Waals surface area contributed by atoms with Crippen LogP contribution in [0.15, 0.2) is 47.6 Å². The summed E-state index contributed by atoms with van der Waals surface area (Å²) in [6.07, 6.45) is 2.92. The maximum atomic E-state index is 12.8. The number of hydrogen-bond donors (Lipinski definition) is 1. The predicted octanol–water partition coefficient (Wildman–Crippen LogP) is 3.47. The van der Waals surface area contributed by atoms with Gasteiger partial charge >= 0.3 is 0 Å². The molecule has 0 saturated carbocycles. The minimum atomic E-state index is -1.06. The number of aryl methyl sites for hydroxylation is 1. The number of methoxy groups -OCH3 is 2. The van der Waals surface area contributed by atoms with Crippen LogP contribution in [0.25, 0.3) is 0 Å². The van der Waals surface area contributed by atoms with Gasteiger partial charge < -0.3 is 19.6 Å². The number of rotatable bonds is 9. The van der Waals surface area contributed by atoms with Crippen molar-refractivity contribution in [3.63, 3.8) is 0 Å². The molecule has 1 N–H and O–H groups in total. The maximum absolute atomic E-state index is 12.8. The van der Waals surface area contributed by atoms with Crippen LogP contribution in [0.3, 0.4) is 0 Å². The van der Waals surface area contributed by atoms with Gasteiger partial charge in [0.05, 0.1) is 14.2 Å². The van der Waals surface area contributed by atoms with Crippen molar-refractivity contribution >= 4 is 11.6 Å². The Labute approximate surface area is 176 Å². The summed E-state index contributed by atoms with van der Waals surface area (Å²) in [4.78, 5) is 17.4. The van der Waals surface area contributed by atoms with E-state index in [0.29, 0.717) is 30.9 Å². The van der Waals surface area contributed by atoms with Crippen LogP contribution in [0.1, 0.15) is 23.1 Å². The van der Waals surface area contributed by atoms with Crippen LogP contribution < -0.4 is 14.8 Å². The lowest BCUT2D eigenvalue weighted by molar-refractivity contribution is -0.115. The summed E-state index contributed by atoms with van der Waals surface area (Å²) in [6.45, 7) is -0.655. The van der Waals surface area contributed by atoms with Gasteiger partial charge in [-0.05, 0) is 54.5 Å². The highest BCUT2D eigenvalue weighted by Gasteiger charge is 2.28. The van der Waals surface area contributed by atoms with Gasteiger partial charge in [-0.3, -0.25) is 4.79 Å². The molecule has 1 unspecified atom stereocenters. The number of carbonyl (C=O) groups is 1. The third-order valence-electron chi connectivity index (χ3n) is 5.33. The lowest BCUT2D eigenvalue weighted by atomic mass is 9.81. The van der Waals surface area contributed by atoms with Crippen molar-refractivity contribution in [2.75, 3.05) is 27.6 Å². The normalized spacial score (nSPS) is 15.8. The number of alkyl halides is 1. The zero-order valence-corrected chi connectivity index (χ0v) is 17.3. The van der Waals surface area contributed by atoms with E-state index in [4.69, 9.17) is 9.47 Å². The number of ether oxygens (including phenoxy) is 2. The molecule has 1 atom stereocenters. The summed E-state index contributed by atoms with van der Waals surface area (Å²) in [7, 11) is 3.17. The standard InChI is InChI=1S/C23H27FN2O4/c1-28-20-10-7-16(13-21(20)29-2)11-12-25-23(27)22(26-30-15-24)19-9-8-17-5-3-4-6-18(17)14-19/h3-7,10,13,19H,8-9,11-12,14-15H2,1-2H3,(H,25,27)/b26-22+. The first-order valence-corrected chi connectivity index (χ1v) is 9.98. The number of oxime groups is 1. The largest absolute Gasteiger partial charge is 0.493 e. The van der Waals surface area contributed by atoms with Crippen LogP contribution in [0.4, 0.5) is 4.39 Å². The molecule has 1 amide bonds. The van der Waals surface area contributed by atoms with E-state index in [1.807, 2.05) is 30.3 Å². The lowest BCUT2D eigenvalue weighted by Gasteiger charge is -2.25. The third kappa shape index (κ3) is 5.28. The van der Waals surface area contributed by atoms with Crippen LogP contribution in [-0.2, 0) is 28.9 Å². The first-order valence-electron chi connectivity index (χ1n) is 9.98. The Kier molecular flexibility index (Phi) is 7.65. The highest BCUT2D eigenvalue weighted by Crippen LogP contribution is 2.28. The number of hydrogen-bond acceptors (Lipinski definition) is 5. The van der Waals surface area contributed by atoms with Gasteiger partial charge in [0.25, 0.3) is 12.8 Å². The number of fused-ring (bicyclic) bond motifs is 1. The average Bonchev–Trinajstić information content (AvgIpc) is 2.79. The molecule has 0 bridgehead atoms. The predicted molar refractivity (Wildman–Crippen MR) is 113 cm³/mol. The summed E-state index contributed by atoms with van der Waals surface area (Å²) >= 11 is 0. The van der Waals surface area contributed by atoms with Crippen LogP contribution in [-0.4, -0.2) is 39.2 Å². The second-order valence-electron chi connectivity index (χ2n) is 7.12. The van der Waals surface area contributed by atoms with Crippen molar-refractivity contribution in [2.45, 2.75) is 25.7 Å². The summed E-state index contributed by atoms with van der Waals surface area (Å²) in [5.74, 6) is 0.863. The Morgan fingerprint density at radius 2 is 1.90 bits per heavy atom. The van der Waals surface area contributed by atoms with Crippen LogP contribution in [0, 0.1) is 5.92 Å². The monoisotopic (exact) mass is 414 g/mol. The lowest BCUT2D eigenvalue weighted by Crippen LogP contribution is -2.38. The Morgan fingerprint density at radius 3 is 2.63 bits per heavy atom. The average molecular weight is 414 g/mol. The molecular formula is C23H27FN2O4. The van der Waals surface area contributed by atoms with Gasteiger partial charge in [0.1, 0.15) is 5.71 Å². The molecule has 0 heterocycles. The summed E-state index contributed by atoms with van der Waals surface area (Å²) in [5.41, 5.74) is 3.72. The van der Waals surface area contributed by atoms with Crippen molar-refractivity contribution in [1.29, 1.82) is 0 Å². The number of amides is 1. The Hall–Kier alpha value is -3.09. The van der Waals surface area contributed by atoms with E-state index in [2.05, 4.69) is 27.4 Å². The van der Waals surface area contributed by atoms with E-state index in [1.165, 1.54) is 11.1 Å². The molecule has 6 nitrogen and oxygen atoms in total. The highest BCUT2D eigenvalue weighted by molar-refractivity contribution is 6.39. The van der Waals surface area contributed by atoms with Gasteiger partial charge in [-0.1, -0.05) is 35.5 Å². The van der Waals surface area contributed by atoms with E-state index in [0.717, 1.165) is 18.4 Å². The topological polar surface area (TPSA) is 69.2 Å². The number of nitrogens with one attached hydrogen (secondary N) is 1. The second-order valence-corrected chi connectivity index (χ2v) is 7.12. The number of carbonyl (C=O) groups excluding carboxylic acids is 1. The smallest absolute Gasteiger partial charge is 0.269 e. The second kappa shape index (κ2) is 10.6. The zero-order valence-electron chi connectivity index (χ0n) is 17.3. The zero-order chi connectivity index (χ0) is 21.3. The molecule has 2 aromatic carbocycles. The molecule has 0 aliphatic heterocycles. The van der Waals surface area contributed by atoms with Crippen molar-refractivity contribution in [1.82, 2.24) is 5.32 Å². The quantitative estimate of drug-likeness (QED) is 0.504. The Balaban J connectivity index is 1.62. The Bertz CT molecular complexity index is 901. The molecule has 1 aliphatic carbocycles. The molecule has 0 aromatic heterocycles. The van der Waals surface area contributed by atoms with Crippen LogP contribution >= 0.6 is 0 Å². The first kappa shape index (κ1) is 21.6. The van der Waals surface area contributed by atoms with Crippen molar-refractivity contribution < 1.29 is 23.5 Å². The molecule has 1 aliphatic rings. The molecule has 160 valence electrons. The Morgan fingerprint density at radius 1 is 1.13 bits per heavy atom. The fourth-order valence-electron chi connectivity index (χ4n) is 3.77. The summed E-state index contributed by atoms with van der Waals surface area (Å²) in [5, 5.41) is 6.69. The molecule has 0 radical (unpaired) electrons. The van der Waals surface area contributed by atoms with Gasteiger partial charge in [-0.2, -0.15) is 0 Å². The summed E-state index contributed by atoms with van der Waals surface area (Å²) < 4.78 is 23.1. The number of nitrogens with zero attached hydrogens (tertiary/aromatic N) is 1. The van der Waals surface area contributed by atoms with E-state index >= 15 is 0 Å². The van der Waals surface area contributed by atoms with Crippen molar-refractivity contribution in [3.05, 3.63) is 59.2 Å². The van der Waals surface area contributed by atoms with Gasteiger partial charge in [-0.25, -0.2) is 4.39 Å². The molecule has 0 spiro atoms. The maximum Gasteiger partial charge on any atom is 0.269 e. The van der Waals surface area contributed by atoms with Gasteiger partial charge in [0.15, 0.2) is 11.5 Å². The molecule has 0 saturated heterocycles. The highest BCUT2D eigenvalue weighted by atomic mass is 19.1. The molecular weight excluding hydrogens is 387 g/mol. The van der Waals surface area contributed by atoms with Crippen LogP contribution in [0.5, 0.6) is 11.5 Å². The minimum Gasteiger partial charge on any atom is -0.493 e. The van der Waals surface area contributed by atoms with Crippen LogP contribution in [0.2, 0.25) is 0 Å².